The molecular formula is C21H17Br2NO. The summed E-state index contributed by atoms with van der Waals surface area (Å²) >= 11 is 6.91. The van der Waals surface area contributed by atoms with Crippen molar-refractivity contribution in [3.8, 4) is 0 Å². The van der Waals surface area contributed by atoms with Crippen molar-refractivity contribution in [2.45, 2.75) is 12.3 Å². The number of amides is 1. The molecule has 0 saturated carbocycles. The summed E-state index contributed by atoms with van der Waals surface area (Å²) in [7, 11) is 0. The topological polar surface area (TPSA) is 29.1 Å². The molecule has 0 radical (unpaired) electrons. The molecule has 3 aromatic rings. The van der Waals surface area contributed by atoms with Crippen molar-refractivity contribution < 1.29 is 4.79 Å². The van der Waals surface area contributed by atoms with Crippen LogP contribution in [0.3, 0.4) is 0 Å². The van der Waals surface area contributed by atoms with Gasteiger partial charge in [-0.25, -0.2) is 0 Å². The summed E-state index contributed by atoms with van der Waals surface area (Å²) in [5.74, 6) is 0.0114. The predicted octanol–water partition coefficient (Wildman–Crippen LogP) is 6.37. The van der Waals surface area contributed by atoms with Crippen molar-refractivity contribution in [2.75, 3.05) is 5.32 Å². The van der Waals surface area contributed by atoms with E-state index in [4.69, 9.17) is 0 Å². The van der Waals surface area contributed by atoms with Crippen molar-refractivity contribution in [3.05, 3.63) is 98.9 Å². The quantitative estimate of drug-likeness (QED) is 0.472. The second-order valence-corrected chi connectivity index (χ2v) is 7.52. The van der Waals surface area contributed by atoms with Crippen molar-refractivity contribution >= 4 is 43.5 Å². The van der Waals surface area contributed by atoms with E-state index in [1.54, 1.807) is 0 Å². The van der Waals surface area contributed by atoms with Gasteiger partial charge in [0.1, 0.15) is 0 Å². The molecule has 0 atom stereocenters. The van der Waals surface area contributed by atoms with Crippen molar-refractivity contribution in [2.24, 2.45) is 0 Å². The standard InChI is InChI=1S/C21H17Br2NO/c22-17-11-12-20(19(23)13-17)24-21(25)14-18(15-7-3-1-4-8-15)16-9-5-2-6-10-16/h1-13,18H,14H2,(H,24,25). The number of anilines is 1. The number of carbonyl (C=O) groups excluding carboxylic acids is 1. The number of nitrogens with one attached hydrogen (secondary N) is 1. The van der Waals surface area contributed by atoms with Crippen LogP contribution in [0.1, 0.15) is 23.5 Å². The summed E-state index contributed by atoms with van der Waals surface area (Å²) in [6.45, 7) is 0. The first-order valence-corrected chi connectivity index (χ1v) is 9.57. The molecule has 1 amide bonds. The Morgan fingerprint density at radius 1 is 0.840 bits per heavy atom. The summed E-state index contributed by atoms with van der Waals surface area (Å²) in [5, 5.41) is 3.00. The molecule has 4 heteroatoms. The Morgan fingerprint density at radius 3 is 1.92 bits per heavy atom. The highest BCUT2D eigenvalue weighted by Crippen LogP contribution is 2.30. The fourth-order valence-corrected chi connectivity index (χ4v) is 3.92. The first-order chi connectivity index (χ1) is 12.1. The van der Waals surface area contributed by atoms with Gasteiger partial charge in [0, 0.05) is 21.3 Å². The number of benzene rings is 3. The van der Waals surface area contributed by atoms with Gasteiger partial charge in [0.05, 0.1) is 5.69 Å². The Hall–Kier alpha value is -1.91. The van der Waals surface area contributed by atoms with Crippen LogP contribution in [0, 0.1) is 0 Å². The minimum Gasteiger partial charge on any atom is -0.325 e. The van der Waals surface area contributed by atoms with Gasteiger partial charge in [-0.3, -0.25) is 4.79 Å². The highest BCUT2D eigenvalue weighted by Gasteiger charge is 2.18. The van der Waals surface area contributed by atoms with Crippen LogP contribution in [0.25, 0.3) is 0 Å². The summed E-state index contributed by atoms with van der Waals surface area (Å²) in [4.78, 5) is 12.7. The Labute approximate surface area is 164 Å². The van der Waals surface area contributed by atoms with E-state index in [2.05, 4.69) is 61.4 Å². The average Bonchev–Trinajstić information content (AvgIpc) is 2.63. The van der Waals surface area contributed by atoms with Crippen molar-refractivity contribution in [3.63, 3.8) is 0 Å². The fraction of sp³-hybridized carbons (Fsp3) is 0.0952. The molecule has 1 N–H and O–H groups in total. The monoisotopic (exact) mass is 457 g/mol. The van der Waals surface area contributed by atoms with E-state index >= 15 is 0 Å². The van der Waals surface area contributed by atoms with Gasteiger partial charge in [0.2, 0.25) is 5.91 Å². The molecule has 0 saturated heterocycles. The maximum Gasteiger partial charge on any atom is 0.225 e. The smallest absolute Gasteiger partial charge is 0.225 e. The van der Waals surface area contributed by atoms with E-state index in [1.807, 2.05) is 54.6 Å². The maximum absolute atomic E-state index is 12.7. The zero-order valence-corrected chi connectivity index (χ0v) is 16.6. The van der Waals surface area contributed by atoms with Crippen molar-refractivity contribution in [1.82, 2.24) is 0 Å². The van der Waals surface area contributed by atoms with Crippen LogP contribution in [0.15, 0.2) is 87.8 Å². The zero-order chi connectivity index (χ0) is 17.6. The molecule has 3 aromatic carbocycles. The predicted molar refractivity (Wildman–Crippen MR) is 110 cm³/mol. The number of hydrogen-bond donors (Lipinski definition) is 1. The molecular weight excluding hydrogens is 442 g/mol. The van der Waals surface area contributed by atoms with Gasteiger partial charge in [0.25, 0.3) is 0 Å². The molecule has 25 heavy (non-hydrogen) atoms. The van der Waals surface area contributed by atoms with E-state index in [0.29, 0.717) is 6.42 Å². The van der Waals surface area contributed by atoms with Crippen LogP contribution in [-0.4, -0.2) is 5.91 Å². The second kappa shape index (κ2) is 8.45. The third kappa shape index (κ3) is 4.80. The molecule has 0 unspecified atom stereocenters. The molecule has 2 nitrogen and oxygen atoms in total. The second-order valence-electron chi connectivity index (χ2n) is 5.75. The number of hydrogen-bond acceptors (Lipinski definition) is 1. The highest BCUT2D eigenvalue weighted by molar-refractivity contribution is 9.11. The van der Waals surface area contributed by atoms with Gasteiger partial charge in [-0.1, -0.05) is 76.6 Å². The Kier molecular flexibility index (Phi) is 6.05. The molecule has 0 bridgehead atoms. The molecule has 3 rings (SSSR count). The van der Waals surface area contributed by atoms with Crippen LogP contribution in [0.4, 0.5) is 5.69 Å². The third-order valence-corrected chi connectivity index (χ3v) is 5.15. The van der Waals surface area contributed by atoms with Gasteiger partial charge in [0.15, 0.2) is 0 Å². The molecule has 0 aliphatic carbocycles. The van der Waals surface area contributed by atoms with Gasteiger partial charge >= 0.3 is 0 Å². The summed E-state index contributed by atoms with van der Waals surface area (Å²) in [5.41, 5.74) is 3.05. The lowest BCUT2D eigenvalue weighted by Crippen LogP contribution is -2.16. The molecule has 0 aliphatic rings. The van der Waals surface area contributed by atoms with Crippen LogP contribution < -0.4 is 5.32 Å². The largest absolute Gasteiger partial charge is 0.325 e. The molecule has 0 heterocycles. The Balaban J connectivity index is 1.82. The number of rotatable bonds is 5. The Morgan fingerprint density at radius 2 is 1.40 bits per heavy atom. The molecule has 0 aliphatic heterocycles. The fourth-order valence-electron chi connectivity index (χ4n) is 2.78. The first kappa shape index (κ1) is 17.9. The molecule has 126 valence electrons. The van der Waals surface area contributed by atoms with E-state index in [-0.39, 0.29) is 11.8 Å². The van der Waals surface area contributed by atoms with Gasteiger partial charge in [-0.15, -0.1) is 0 Å². The van der Waals surface area contributed by atoms with E-state index < -0.39 is 0 Å². The lowest BCUT2D eigenvalue weighted by Gasteiger charge is -2.18. The van der Waals surface area contributed by atoms with E-state index in [1.165, 1.54) is 0 Å². The normalized spacial score (nSPS) is 10.7. The van der Waals surface area contributed by atoms with Crippen LogP contribution in [-0.2, 0) is 4.79 Å². The lowest BCUT2D eigenvalue weighted by molar-refractivity contribution is -0.116. The van der Waals surface area contributed by atoms with Crippen LogP contribution in [0.5, 0.6) is 0 Å². The van der Waals surface area contributed by atoms with Crippen LogP contribution >= 0.6 is 31.9 Å². The summed E-state index contributed by atoms with van der Waals surface area (Å²) in [6, 6.07) is 26.0. The molecule has 0 spiro atoms. The van der Waals surface area contributed by atoms with Gasteiger partial charge in [-0.2, -0.15) is 0 Å². The number of carbonyl (C=O) groups is 1. The third-order valence-electron chi connectivity index (χ3n) is 4.00. The highest BCUT2D eigenvalue weighted by atomic mass is 79.9. The Bertz CT molecular complexity index is 811. The summed E-state index contributed by atoms with van der Waals surface area (Å²) < 4.78 is 1.81. The minimum atomic E-state index is -0.0132. The van der Waals surface area contributed by atoms with Crippen molar-refractivity contribution in [1.29, 1.82) is 0 Å². The molecule has 0 aromatic heterocycles. The maximum atomic E-state index is 12.7. The zero-order valence-electron chi connectivity index (χ0n) is 13.5. The first-order valence-electron chi connectivity index (χ1n) is 7.98. The molecule has 0 fully saturated rings. The van der Waals surface area contributed by atoms with E-state index in [9.17, 15) is 4.79 Å². The minimum absolute atomic E-state index is 0.0132. The SMILES string of the molecule is O=C(CC(c1ccccc1)c1ccccc1)Nc1ccc(Br)cc1Br. The van der Waals surface area contributed by atoms with E-state index in [0.717, 1.165) is 25.8 Å². The average molecular weight is 459 g/mol. The number of halogens is 2. The lowest BCUT2D eigenvalue weighted by atomic mass is 9.88. The van der Waals surface area contributed by atoms with Gasteiger partial charge in [-0.05, 0) is 45.3 Å². The van der Waals surface area contributed by atoms with Crippen LogP contribution in [0.2, 0.25) is 0 Å². The van der Waals surface area contributed by atoms with Gasteiger partial charge < -0.3 is 5.32 Å². The summed E-state index contributed by atoms with van der Waals surface area (Å²) in [6.07, 6.45) is 0.385.